The summed E-state index contributed by atoms with van der Waals surface area (Å²) in [6.45, 7) is 15.8. The molecule has 0 fully saturated rings. The Hall–Kier alpha value is -1.93. The van der Waals surface area contributed by atoms with Crippen LogP contribution in [0.5, 0.6) is 11.5 Å². The van der Waals surface area contributed by atoms with Crippen molar-refractivity contribution >= 4 is 11.4 Å². The molecule has 0 heterocycles. The Labute approximate surface area is 189 Å². The molecular formula is C24H32N2O2Pt. The van der Waals surface area contributed by atoms with Gasteiger partial charge in [-0.15, -0.1) is 0 Å². The van der Waals surface area contributed by atoms with Crippen LogP contribution >= 0.6 is 0 Å². The molecule has 0 aliphatic rings. The Balaban J connectivity index is 0.00000420. The maximum Gasteiger partial charge on any atom is 0.124 e. The molecule has 0 radical (unpaired) electrons. The molecule has 0 atom stereocenters. The van der Waals surface area contributed by atoms with Crippen LogP contribution in [0.2, 0.25) is 0 Å². The van der Waals surface area contributed by atoms with Crippen molar-refractivity contribution in [1.29, 1.82) is 0 Å². The van der Waals surface area contributed by atoms with Crippen LogP contribution in [0.1, 0.15) is 63.8 Å². The number of phenols is 2. The maximum atomic E-state index is 10.3. The quantitative estimate of drug-likeness (QED) is 0.457. The van der Waals surface area contributed by atoms with E-state index in [1.807, 2.05) is 79.7 Å². The predicted octanol–water partition coefficient (Wildman–Crippen LogP) is 5.59. The van der Waals surface area contributed by atoms with Gasteiger partial charge < -0.3 is 10.2 Å². The first-order chi connectivity index (χ1) is 12.8. The summed E-state index contributed by atoms with van der Waals surface area (Å²) in [7, 11) is 0. The van der Waals surface area contributed by atoms with Gasteiger partial charge in [0.15, 0.2) is 0 Å². The van der Waals surface area contributed by atoms with Crippen molar-refractivity contribution < 1.29 is 31.3 Å². The van der Waals surface area contributed by atoms with Gasteiger partial charge in [0.2, 0.25) is 0 Å². The van der Waals surface area contributed by atoms with E-state index in [4.69, 9.17) is 9.98 Å². The molecule has 2 aromatic carbocycles. The Kier molecular flexibility index (Phi) is 8.01. The van der Waals surface area contributed by atoms with Crippen LogP contribution in [0.3, 0.4) is 0 Å². The Morgan fingerprint density at radius 1 is 0.690 bits per heavy atom. The van der Waals surface area contributed by atoms with E-state index in [0.717, 1.165) is 33.7 Å². The Morgan fingerprint density at radius 3 is 1.28 bits per heavy atom. The summed E-state index contributed by atoms with van der Waals surface area (Å²) in [5, 5.41) is 20.5. The number of aromatic hydroxyl groups is 2. The van der Waals surface area contributed by atoms with Crippen LogP contribution in [0, 0.1) is 13.8 Å². The smallest absolute Gasteiger partial charge is 0.124 e. The largest absolute Gasteiger partial charge is 0.507 e. The summed E-state index contributed by atoms with van der Waals surface area (Å²) in [6.07, 6.45) is 0. The molecule has 0 aliphatic heterocycles. The van der Waals surface area contributed by atoms with E-state index in [-0.39, 0.29) is 32.6 Å². The van der Waals surface area contributed by atoms with Crippen molar-refractivity contribution in [2.75, 3.05) is 0 Å². The SMILES string of the molecule is CC(=NC(C)(C)C(C)(C)N=C(C)c1ccc(C)cc1O)c1ccc(C)cc1O.[Pt]. The minimum absolute atomic E-state index is 0. The van der Waals surface area contributed by atoms with E-state index in [1.165, 1.54) is 0 Å². The van der Waals surface area contributed by atoms with Gasteiger partial charge in [-0.25, -0.2) is 0 Å². The van der Waals surface area contributed by atoms with Gasteiger partial charge in [0.1, 0.15) is 11.5 Å². The van der Waals surface area contributed by atoms with Crippen molar-refractivity contribution in [2.24, 2.45) is 9.98 Å². The molecule has 0 aromatic heterocycles. The molecule has 0 spiro atoms. The third-order valence-corrected chi connectivity index (χ3v) is 5.48. The van der Waals surface area contributed by atoms with Crippen LogP contribution in [-0.2, 0) is 21.1 Å². The van der Waals surface area contributed by atoms with E-state index in [2.05, 4.69) is 0 Å². The maximum absolute atomic E-state index is 10.3. The predicted molar refractivity (Wildman–Crippen MR) is 118 cm³/mol. The first kappa shape index (κ1) is 25.1. The molecular weight excluding hydrogens is 543 g/mol. The van der Waals surface area contributed by atoms with Gasteiger partial charge in [-0.2, -0.15) is 0 Å². The van der Waals surface area contributed by atoms with Crippen LogP contribution < -0.4 is 0 Å². The summed E-state index contributed by atoms with van der Waals surface area (Å²) in [5.74, 6) is 0.471. The molecule has 0 aliphatic carbocycles. The topological polar surface area (TPSA) is 65.2 Å². The second kappa shape index (κ2) is 9.26. The second-order valence-corrected chi connectivity index (χ2v) is 8.55. The molecule has 4 nitrogen and oxygen atoms in total. The number of hydrogen-bond acceptors (Lipinski definition) is 4. The minimum Gasteiger partial charge on any atom is -0.507 e. The van der Waals surface area contributed by atoms with E-state index in [0.29, 0.717) is 0 Å². The summed E-state index contributed by atoms with van der Waals surface area (Å²) < 4.78 is 0. The van der Waals surface area contributed by atoms with Gasteiger partial charge in [0.05, 0.1) is 11.1 Å². The first-order valence-corrected chi connectivity index (χ1v) is 9.57. The van der Waals surface area contributed by atoms with Gasteiger partial charge in [0.25, 0.3) is 0 Å². The van der Waals surface area contributed by atoms with Crippen molar-refractivity contribution in [3.8, 4) is 11.5 Å². The van der Waals surface area contributed by atoms with Crippen molar-refractivity contribution in [2.45, 2.75) is 66.5 Å². The van der Waals surface area contributed by atoms with E-state index < -0.39 is 11.1 Å². The van der Waals surface area contributed by atoms with E-state index in [9.17, 15) is 10.2 Å². The zero-order valence-electron chi connectivity index (χ0n) is 18.6. The molecule has 2 N–H and O–H groups in total. The Bertz CT molecular complexity index is 866. The standard InChI is InChI=1S/C24H32N2O2.Pt/c1-15-9-11-19(21(27)13-15)17(3)25-23(5,6)24(7,8)26-18(4)20-12-10-16(2)14-22(20)28;/h9-14,27-28H,1-8H3;. The molecule has 0 amide bonds. The summed E-state index contributed by atoms with van der Waals surface area (Å²) >= 11 is 0. The number of nitrogens with zero attached hydrogens (tertiary/aromatic N) is 2. The van der Waals surface area contributed by atoms with Crippen molar-refractivity contribution in [3.05, 3.63) is 58.7 Å². The average Bonchev–Trinajstić information content (AvgIpc) is 2.53. The number of aryl methyl sites for hydroxylation is 2. The molecule has 0 saturated heterocycles. The fourth-order valence-corrected chi connectivity index (χ4v) is 3.13. The second-order valence-electron chi connectivity index (χ2n) is 8.55. The fourth-order valence-electron chi connectivity index (χ4n) is 3.13. The Morgan fingerprint density at radius 2 is 1.00 bits per heavy atom. The number of aliphatic imine (C=N–C) groups is 2. The van der Waals surface area contributed by atoms with Gasteiger partial charge >= 0.3 is 0 Å². The zero-order valence-corrected chi connectivity index (χ0v) is 20.8. The summed E-state index contributed by atoms with van der Waals surface area (Å²) in [5.41, 5.74) is 3.94. The third-order valence-electron chi connectivity index (χ3n) is 5.48. The minimum atomic E-state index is -0.532. The number of benzene rings is 2. The van der Waals surface area contributed by atoms with Crippen molar-refractivity contribution in [3.63, 3.8) is 0 Å². The van der Waals surface area contributed by atoms with E-state index >= 15 is 0 Å². The molecule has 29 heavy (non-hydrogen) atoms. The normalized spacial score (nSPS) is 13.2. The number of phenolic OH excluding ortho intramolecular Hbond substituents is 2. The third kappa shape index (κ3) is 5.79. The van der Waals surface area contributed by atoms with Crippen LogP contribution in [0.15, 0.2) is 46.4 Å². The molecule has 2 rings (SSSR count). The average molecular weight is 576 g/mol. The van der Waals surface area contributed by atoms with Gasteiger partial charge in [-0.3, -0.25) is 9.98 Å². The fraction of sp³-hybridized carbons (Fsp3) is 0.417. The van der Waals surface area contributed by atoms with Gasteiger partial charge in [-0.1, -0.05) is 12.1 Å². The molecule has 160 valence electrons. The van der Waals surface area contributed by atoms with Crippen LogP contribution in [0.4, 0.5) is 0 Å². The first-order valence-electron chi connectivity index (χ1n) is 9.57. The van der Waals surface area contributed by atoms with Crippen LogP contribution in [0.25, 0.3) is 0 Å². The molecule has 0 unspecified atom stereocenters. The number of hydrogen-bond donors (Lipinski definition) is 2. The van der Waals surface area contributed by atoms with E-state index in [1.54, 1.807) is 12.1 Å². The molecule has 0 bridgehead atoms. The molecule has 5 heteroatoms. The van der Waals surface area contributed by atoms with Crippen LogP contribution in [-0.4, -0.2) is 32.7 Å². The summed E-state index contributed by atoms with van der Waals surface area (Å²) in [6, 6.07) is 11.2. The summed E-state index contributed by atoms with van der Waals surface area (Å²) in [4.78, 5) is 9.82. The monoisotopic (exact) mass is 575 g/mol. The molecule has 0 saturated carbocycles. The van der Waals surface area contributed by atoms with Gasteiger partial charge in [-0.05, 0) is 90.8 Å². The number of rotatable bonds is 5. The molecule has 2 aromatic rings. The van der Waals surface area contributed by atoms with Gasteiger partial charge in [0, 0.05) is 43.6 Å². The van der Waals surface area contributed by atoms with Crippen molar-refractivity contribution in [1.82, 2.24) is 0 Å². The zero-order chi connectivity index (χ0) is 21.3.